The largest absolute Gasteiger partial charge is 0.476 e. The Balaban J connectivity index is 0.000000265. The number of aliphatic imine (C=N–C) groups is 2. The number of rotatable bonds is 25. The average Bonchev–Trinajstić information content (AvgIpc) is 1.57. The van der Waals surface area contributed by atoms with E-state index in [4.69, 9.17) is 29.8 Å². The Morgan fingerprint density at radius 2 is 0.836 bits per heavy atom. The highest BCUT2D eigenvalue weighted by Gasteiger charge is 2.40. The van der Waals surface area contributed by atoms with Gasteiger partial charge in [-0.15, -0.1) is 0 Å². The number of ether oxygens (including phenoxy) is 4. The van der Waals surface area contributed by atoms with Crippen molar-refractivity contribution < 1.29 is 115 Å². The number of aryl methyl sites for hydroxylation is 1. The Bertz CT molecular complexity index is 4980. The van der Waals surface area contributed by atoms with E-state index in [0.717, 1.165) is 79.6 Å². The highest BCUT2D eigenvalue weighted by Crippen LogP contribution is 2.35. The molecular formula is C93H126F10N12O15S4. The number of amides is 6. The van der Waals surface area contributed by atoms with Gasteiger partial charge in [-0.05, 0) is 305 Å². The van der Waals surface area contributed by atoms with E-state index in [1.165, 1.54) is 120 Å². The first-order chi connectivity index (χ1) is 62.7. The van der Waals surface area contributed by atoms with E-state index in [9.17, 15) is 90.7 Å². The van der Waals surface area contributed by atoms with Crippen LogP contribution < -0.4 is 32.3 Å². The molecule has 1 aromatic heterocycles. The van der Waals surface area contributed by atoms with Crippen molar-refractivity contribution >= 4 is 128 Å². The molecule has 4 aromatic carbocycles. The summed E-state index contributed by atoms with van der Waals surface area (Å²) in [5, 5.41) is 27.6. The van der Waals surface area contributed by atoms with Crippen molar-refractivity contribution in [2.45, 2.75) is 221 Å². The van der Waals surface area contributed by atoms with Crippen LogP contribution in [-0.2, 0) is 58.0 Å². The molecule has 0 atom stereocenters. The van der Waals surface area contributed by atoms with Crippen LogP contribution in [0.5, 0.6) is 0 Å². The SMILES string of the molecule is CC(C)(C)OC(=O)Nc1cccc(F)c1C=O.CC(C)(C)OC(=O)Nc1cccc(F)c1CN(CCC1CCS(=O)(=O)CC1)C(=O)C1=CC(C(F)(F)F)=NC1.CC(C)(C)OC(=O)Nc1cccc(F)c1CN(CCC1CCSCC1)C(=O)C1=CC(C(F)(F)F)=NC1.CC(C)(C)OC(=O)Nc1cccc(F)c1CNCCC1CCSCC1.Cc1cc(C(=O)O)n[nH]1.NCCC1CCSCC1. The molecule has 6 aliphatic rings. The summed E-state index contributed by atoms with van der Waals surface area (Å²) in [5.74, 6) is 4.64. The monoisotopic (exact) mass is 1970 g/mol. The maximum atomic E-state index is 15.0. The number of sulfone groups is 1. The molecule has 134 heavy (non-hydrogen) atoms. The number of hydrogen-bond donors (Lipinski definition) is 8. The number of alkyl halides is 6. The van der Waals surface area contributed by atoms with Gasteiger partial charge in [0.05, 0.1) is 66.0 Å². The van der Waals surface area contributed by atoms with Crippen LogP contribution in [0.15, 0.2) is 112 Å². The minimum Gasteiger partial charge on any atom is -0.476 e. The number of thioether (sulfide) groups is 3. The molecule has 4 fully saturated rings. The van der Waals surface area contributed by atoms with Crippen LogP contribution in [0.1, 0.15) is 203 Å². The third kappa shape index (κ3) is 41.9. The first kappa shape index (κ1) is 113. The third-order valence-electron chi connectivity index (χ3n) is 20.8. The first-order valence-electron chi connectivity index (χ1n) is 44.1. The van der Waals surface area contributed by atoms with Gasteiger partial charge in [-0.3, -0.25) is 50.7 Å². The lowest BCUT2D eigenvalue weighted by atomic mass is 9.98. The highest BCUT2D eigenvalue weighted by molar-refractivity contribution is 7.99. The van der Waals surface area contributed by atoms with Crippen LogP contribution in [0.4, 0.5) is 85.8 Å². The maximum Gasteiger partial charge on any atom is 0.432 e. The molecule has 742 valence electrons. The van der Waals surface area contributed by atoms with Gasteiger partial charge < -0.3 is 44.9 Å². The van der Waals surface area contributed by atoms with Crippen LogP contribution >= 0.6 is 35.3 Å². The zero-order valence-electron chi connectivity index (χ0n) is 77.9. The lowest BCUT2D eigenvalue weighted by Crippen LogP contribution is -2.36. The summed E-state index contributed by atoms with van der Waals surface area (Å²) >= 11 is 5.97. The van der Waals surface area contributed by atoms with Crippen LogP contribution in [0.25, 0.3) is 0 Å². The van der Waals surface area contributed by atoms with Crippen molar-refractivity contribution in [3.05, 3.63) is 159 Å². The number of nitrogens with one attached hydrogen (secondary N) is 6. The Morgan fingerprint density at radius 3 is 1.16 bits per heavy atom. The van der Waals surface area contributed by atoms with Crippen molar-refractivity contribution in [2.75, 3.05) is 107 Å². The van der Waals surface area contributed by atoms with Crippen molar-refractivity contribution in [1.82, 2.24) is 25.3 Å². The molecule has 41 heteroatoms. The highest BCUT2D eigenvalue weighted by atomic mass is 32.2. The number of aromatic amines is 1. The van der Waals surface area contributed by atoms with Gasteiger partial charge in [0.2, 0.25) is 0 Å². The first-order valence-corrected chi connectivity index (χ1v) is 49.4. The zero-order chi connectivity index (χ0) is 99.5. The molecule has 5 aromatic rings. The number of allylic oxidation sites excluding steroid dienone is 2. The number of carbonyl (C=O) groups is 8. The van der Waals surface area contributed by atoms with Gasteiger partial charge >= 0.3 is 42.7 Å². The van der Waals surface area contributed by atoms with E-state index in [-0.39, 0.29) is 107 Å². The molecule has 0 bridgehead atoms. The molecule has 27 nitrogen and oxygen atoms in total. The van der Waals surface area contributed by atoms with Crippen LogP contribution in [0.2, 0.25) is 0 Å². The fourth-order valence-corrected chi connectivity index (χ4v) is 19.2. The van der Waals surface area contributed by atoms with Gasteiger partial charge in [0.25, 0.3) is 11.8 Å². The van der Waals surface area contributed by atoms with Gasteiger partial charge in [0, 0.05) is 53.2 Å². The predicted molar refractivity (Wildman–Crippen MR) is 505 cm³/mol. The van der Waals surface area contributed by atoms with Crippen molar-refractivity contribution in [1.29, 1.82) is 0 Å². The number of carboxylic acid groups (broad SMARTS) is 1. The van der Waals surface area contributed by atoms with E-state index < -0.39 is 122 Å². The maximum absolute atomic E-state index is 15.0. The molecule has 0 saturated carbocycles. The molecular weight excluding hydrogens is 1840 g/mol. The Labute approximate surface area is 789 Å². The number of hydrogen-bond acceptors (Lipinski definition) is 22. The smallest absolute Gasteiger partial charge is 0.432 e. The number of aldehydes is 1. The fourth-order valence-electron chi connectivity index (χ4n) is 14.0. The molecule has 4 saturated heterocycles. The Kier molecular flexibility index (Phi) is 44.8. The summed E-state index contributed by atoms with van der Waals surface area (Å²) in [6.07, 6.45) is 1.04. The molecule has 9 N–H and O–H groups in total. The standard InChI is InChI=1S/C25H31F4N3O5S.C25H31F4N3O3S.C19H29FN2O2S.C12H14FNO3.C7H15NS.C5H6N2O2/c1-24(2,3)37-23(34)31-20-6-4-5-19(26)18(20)15-32(10-7-16-8-11-38(35,36)12-9-16)22(33)17-13-21(30-14-17)25(27,28)29;1-24(2,3)35-23(34)31-20-6-4-5-19(26)18(20)15-32(10-7-16-8-11-36-12-9-16)22(33)17-13-21(30-14-17)25(27,28)29;1-19(2,3)24-18(23)22-17-6-4-5-16(20)15(17)13-21-10-7-14-8-11-25-12-9-14;1-12(2,3)17-11(16)14-10-6-4-5-9(13)8(10)7-15;8-4-1-7-2-5-9-6-3-7;1-3-2-4(5(8)9)7-6-3/h4-6,13,16H,7-12,14-15H2,1-3H3,(H,31,34);4-6,13,16H,7-12,14-15H2,1-3H3,(H,31,34);4-6,14,21H,7-13H2,1-3H3,(H,22,23);4-7H,1-3H3,(H,14,16);7H,1-6,8H2;2H,1H3,(H,6,7)(H,8,9). The lowest BCUT2D eigenvalue weighted by Gasteiger charge is -2.28. The number of benzene rings is 4. The predicted octanol–water partition coefficient (Wildman–Crippen LogP) is 20.3. The molecule has 6 aliphatic heterocycles. The average molecular weight is 1970 g/mol. The van der Waals surface area contributed by atoms with E-state index in [0.29, 0.717) is 61.8 Å². The number of carbonyl (C=O) groups excluding carboxylic acids is 7. The number of nitrogens with zero attached hydrogens (tertiary/aromatic N) is 5. The lowest BCUT2D eigenvalue weighted by molar-refractivity contribution is -0.128. The summed E-state index contributed by atoms with van der Waals surface area (Å²) in [7, 11) is -3.10. The zero-order valence-corrected chi connectivity index (χ0v) is 81.2. The number of anilines is 4. The second-order valence-corrected chi connectivity index (χ2v) is 42.4. The molecule has 0 aliphatic carbocycles. The van der Waals surface area contributed by atoms with Crippen LogP contribution in [0, 0.1) is 53.9 Å². The number of H-pyrrole nitrogens is 1. The topological polar surface area (TPSA) is 374 Å². The number of carboxylic acids is 1. The fraction of sp³-hybridized carbons (Fsp3) is 0.559. The van der Waals surface area contributed by atoms with Crippen molar-refractivity contribution in [2.24, 2.45) is 39.4 Å². The molecule has 0 unspecified atom stereocenters. The summed E-state index contributed by atoms with van der Waals surface area (Å²) in [4.78, 5) is 105. The minimum atomic E-state index is -4.71. The number of nitrogens with two attached hydrogens (primary N) is 1. The molecule has 0 spiro atoms. The summed E-state index contributed by atoms with van der Waals surface area (Å²) in [6.45, 7) is 23.3. The quantitative estimate of drug-likeness (QED) is 0.0116. The second kappa shape index (κ2) is 53.1. The van der Waals surface area contributed by atoms with Gasteiger partial charge in [0.15, 0.2) is 12.0 Å². The van der Waals surface area contributed by atoms with E-state index >= 15 is 0 Å². The van der Waals surface area contributed by atoms with Crippen molar-refractivity contribution in [3.8, 4) is 0 Å². The normalized spacial score (nSPS) is 16.1. The minimum absolute atomic E-state index is 0.0200. The molecule has 7 heterocycles. The number of halogens is 10. The number of aromatic nitrogens is 2. The number of aromatic carboxylic acids is 1. The molecule has 6 amide bonds. The summed E-state index contributed by atoms with van der Waals surface area (Å²) in [5.41, 5.74) is 1.86. The van der Waals surface area contributed by atoms with Gasteiger partial charge in [0.1, 0.15) is 66.9 Å². The Hall–Kier alpha value is -9.71. The van der Waals surface area contributed by atoms with Crippen LogP contribution in [0.3, 0.4) is 0 Å². The van der Waals surface area contributed by atoms with Gasteiger partial charge in [-0.1, -0.05) is 24.3 Å². The van der Waals surface area contributed by atoms with Gasteiger partial charge in [-0.25, -0.2) is 50.0 Å². The Morgan fingerprint density at radius 1 is 0.500 bits per heavy atom. The van der Waals surface area contributed by atoms with Crippen molar-refractivity contribution in [3.63, 3.8) is 0 Å². The third-order valence-corrected chi connectivity index (χ3v) is 25.6. The van der Waals surface area contributed by atoms with E-state index in [1.54, 1.807) is 102 Å². The van der Waals surface area contributed by atoms with Crippen LogP contribution in [-0.4, -0.2) is 213 Å². The molecule has 11 rings (SSSR count). The molecule has 0 radical (unpaired) electrons. The summed E-state index contributed by atoms with van der Waals surface area (Å²) < 4.78 is 180. The summed E-state index contributed by atoms with van der Waals surface area (Å²) in [6, 6.07) is 18.2. The van der Waals surface area contributed by atoms with Gasteiger partial charge in [-0.2, -0.15) is 66.7 Å². The second-order valence-electron chi connectivity index (χ2n) is 36.4. The van der Waals surface area contributed by atoms with E-state index in [2.05, 4.69) is 58.5 Å². The van der Waals surface area contributed by atoms with E-state index in [1.807, 2.05) is 23.5 Å².